The summed E-state index contributed by atoms with van der Waals surface area (Å²) in [5.74, 6) is -0.304. The van der Waals surface area contributed by atoms with Gasteiger partial charge in [0.05, 0.1) is 18.4 Å². The summed E-state index contributed by atoms with van der Waals surface area (Å²) in [4.78, 5) is 1.88. The van der Waals surface area contributed by atoms with Crippen LogP contribution in [-0.4, -0.2) is 31.9 Å². The maximum absolute atomic E-state index is 13.9. The van der Waals surface area contributed by atoms with Crippen LogP contribution < -0.4 is 4.90 Å². The molecule has 1 N–H and O–H groups in total. The minimum Gasteiger partial charge on any atom is -0.389 e. The van der Waals surface area contributed by atoms with Crippen molar-refractivity contribution in [1.82, 2.24) is 0 Å². The lowest BCUT2D eigenvalue weighted by atomic mass is 10.1. The second-order valence-corrected chi connectivity index (χ2v) is 3.93. The lowest BCUT2D eigenvalue weighted by Crippen LogP contribution is -2.29. The highest BCUT2D eigenvalue weighted by atomic mass is 19.1. The number of ether oxygens (including phenoxy) is 1. The molecule has 1 aromatic rings. The Kier molecular flexibility index (Phi) is 5.38. The van der Waals surface area contributed by atoms with Crippen molar-refractivity contribution in [3.05, 3.63) is 29.6 Å². The van der Waals surface area contributed by atoms with Gasteiger partial charge in [-0.3, -0.25) is 0 Å². The number of benzene rings is 1. The minimum absolute atomic E-state index is 0.304. The van der Waals surface area contributed by atoms with E-state index < -0.39 is 6.10 Å². The molecule has 3 nitrogen and oxygen atoms in total. The second-order valence-electron chi connectivity index (χ2n) is 3.93. The first-order valence-corrected chi connectivity index (χ1v) is 5.82. The van der Waals surface area contributed by atoms with E-state index in [1.54, 1.807) is 26.2 Å². The van der Waals surface area contributed by atoms with Gasteiger partial charge in [0, 0.05) is 25.8 Å². The first kappa shape index (κ1) is 13.9. The maximum Gasteiger partial charge on any atom is 0.146 e. The Labute approximate surface area is 102 Å². The Morgan fingerprint density at radius 3 is 2.71 bits per heavy atom. The summed E-state index contributed by atoms with van der Waals surface area (Å²) in [5, 5.41) is 9.67. The molecular formula is C13H20FNO2. The summed E-state index contributed by atoms with van der Waals surface area (Å²) in [5.41, 5.74) is 1.09. The molecule has 0 bridgehead atoms. The molecule has 0 saturated carbocycles. The van der Waals surface area contributed by atoms with E-state index in [1.165, 1.54) is 6.07 Å². The molecule has 0 saturated heterocycles. The number of aliphatic hydroxyl groups excluding tert-OH is 1. The van der Waals surface area contributed by atoms with E-state index >= 15 is 0 Å². The van der Waals surface area contributed by atoms with Gasteiger partial charge in [0.25, 0.3) is 0 Å². The Balaban J connectivity index is 3.07. The number of halogens is 1. The van der Waals surface area contributed by atoms with Gasteiger partial charge in [-0.1, -0.05) is 12.1 Å². The fourth-order valence-electron chi connectivity index (χ4n) is 1.83. The molecule has 0 unspecified atom stereocenters. The standard InChI is InChI=1S/C13H20FNO2/c1-4-15(8-9-17-3)13-11(10(2)16)6-5-7-12(13)14/h5-7,10,16H,4,8-9H2,1-3H3/t10-/m1/s1. The largest absolute Gasteiger partial charge is 0.389 e. The van der Waals surface area contributed by atoms with Crippen molar-refractivity contribution in [2.24, 2.45) is 0 Å². The van der Waals surface area contributed by atoms with Crippen LogP contribution in [0, 0.1) is 5.82 Å². The molecule has 1 rings (SSSR count). The predicted octanol–water partition coefficient (Wildman–Crippen LogP) is 2.35. The minimum atomic E-state index is -0.683. The highest BCUT2D eigenvalue weighted by molar-refractivity contribution is 5.55. The van der Waals surface area contributed by atoms with Crippen molar-refractivity contribution in [2.75, 3.05) is 31.7 Å². The van der Waals surface area contributed by atoms with Crippen molar-refractivity contribution in [2.45, 2.75) is 20.0 Å². The Morgan fingerprint density at radius 2 is 2.18 bits per heavy atom. The first-order chi connectivity index (χ1) is 8.11. The van der Waals surface area contributed by atoms with Gasteiger partial charge >= 0.3 is 0 Å². The van der Waals surface area contributed by atoms with E-state index in [2.05, 4.69) is 0 Å². The normalized spacial score (nSPS) is 12.5. The van der Waals surface area contributed by atoms with Gasteiger partial charge in [0.15, 0.2) is 0 Å². The zero-order chi connectivity index (χ0) is 12.8. The van der Waals surface area contributed by atoms with Gasteiger partial charge in [-0.05, 0) is 19.9 Å². The topological polar surface area (TPSA) is 32.7 Å². The lowest BCUT2D eigenvalue weighted by molar-refractivity contribution is 0.196. The number of aliphatic hydroxyl groups is 1. The summed E-state index contributed by atoms with van der Waals surface area (Å²) < 4.78 is 18.9. The van der Waals surface area contributed by atoms with Crippen LogP contribution in [0.15, 0.2) is 18.2 Å². The predicted molar refractivity (Wildman–Crippen MR) is 66.8 cm³/mol. The Bertz CT molecular complexity index is 355. The third-order valence-corrected chi connectivity index (χ3v) is 2.73. The van der Waals surface area contributed by atoms with Crippen LogP contribution in [0.5, 0.6) is 0 Å². The van der Waals surface area contributed by atoms with Crippen molar-refractivity contribution in [3.63, 3.8) is 0 Å². The summed E-state index contributed by atoms with van der Waals surface area (Å²) in [6.07, 6.45) is -0.683. The molecule has 0 aromatic heterocycles. The zero-order valence-corrected chi connectivity index (χ0v) is 10.6. The molecular weight excluding hydrogens is 221 g/mol. The number of nitrogens with zero attached hydrogens (tertiary/aromatic N) is 1. The number of anilines is 1. The van der Waals surface area contributed by atoms with E-state index in [9.17, 15) is 9.50 Å². The number of likely N-dealkylation sites (N-methyl/N-ethyl adjacent to an activating group) is 1. The average molecular weight is 241 g/mol. The van der Waals surface area contributed by atoms with Crippen LogP contribution >= 0.6 is 0 Å². The van der Waals surface area contributed by atoms with Crippen LogP contribution in [-0.2, 0) is 4.74 Å². The number of methoxy groups -OCH3 is 1. The van der Waals surface area contributed by atoms with Crippen molar-refractivity contribution in [3.8, 4) is 0 Å². The molecule has 0 heterocycles. The van der Waals surface area contributed by atoms with Crippen LogP contribution in [0.1, 0.15) is 25.5 Å². The van der Waals surface area contributed by atoms with Crippen molar-refractivity contribution in [1.29, 1.82) is 0 Å². The Morgan fingerprint density at radius 1 is 1.47 bits per heavy atom. The van der Waals surface area contributed by atoms with E-state index in [0.717, 1.165) is 0 Å². The van der Waals surface area contributed by atoms with Gasteiger partial charge in [0.2, 0.25) is 0 Å². The van der Waals surface area contributed by atoms with E-state index in [-0.39, 0.29) is 5.82 Å². The van der Waals surface area contributed by atoms with Gasteiger partial charge in [-0.15, -0.1) is 0 Å². The smallest absolute Gasteiger partial charge is 0.146 e. The number of para-hydroxylation sites is 1. The highest BCUT2D eigenvalue weighted by Gasteiger charge is 2.17. The number of hydrogen-bond acceptors (Lipinski definition) is 3. The zero-order valence-electron chi connectivity index (χ0n) is 10.6. The second kappa shape index (κ2) is 6.57. The third-order valence-electron chi connectivity index (χ3n) is 2.73. The average Bonchev–Trinajstić information content (AvgIpc) is 2.31. The van der Waals surface area contributed by atoms with E-state index in [1.807, 2.05) is 11.8 Å². The number of rotatable bonds is 6. The summed E-state index contributed by atoms with van der Waals surface area (Å²) in [6, 6.07) is 4.78. The monoisotopic (exact) mass is 241 g/mol. The van der Waals surface area contributed by atoms with Crippen LogP contribution in [0.3, 0.4) is 0 Å². The fraction of sp³-hybridized carbons (Fsp3) is 0.538. The van der Waals surface area contributed by atoms with E-state index in [4.69, 9.17) is 4.74 Å². The van der Waals surface area contributed by atoms with Gasteiger partial charge in [0.1, 0.15) is 5.82 Å². The molecule has 1 aromatic carbocycles. The summed E-state index contributed by atoms with van der Waals surface area (Å²) in [7, 11) is 1.62. The molecule has 0 spiro atoms. The molecule has 0 radical (unpaired) electrons. The molecule has 96 valence electrons. The summed E-state index contributed by atoms with van der Waals surface area (Å²) in [6.45, 7) is 5.40. The molecule has 0 aliphatic rings. The fourth-order valence-corrected chi connectivity index (χ4v) is 1.83. The van der Waals surface area contributed by atoms with Crippen LogP contribution in [0.4, 0.5) is 10.1 Å². The van der Waals surface area contributed by atoms with Crippen LogP contribution in [0.2, 0.25) is 0 Å². The first-order valence-electron chi connectivity index (χ1n) is 5.82. The van der Waals surface area contributed by atoms with E-state index in [0.29, 0.717) is 30.9 Å². The van der Waals surface area contributed by atoms with Crippen LogP contribution in [0.25, 0.3) is 0 Å². The van der Waals surface area contributed by atoms with Gasteiger partial charge < -0.3 is 14.7 Å². The molecule has 0 aliphatic carbocycles. The molecule has 0 aliphatic heterocycles. The lowest BCUT2D eigenvalue weighted by Gasteiger charge is -2.26. The summed E-state index contributed by atoms with van der Waals surface area (Å²) >= 11 is 0. The van der Waals surface area contributed by atoms with Crippen molar-refractivity contribution < 1.29 is 14.2 Å². The number of hydrogen-bond donors (Lipinski definition) is 1. The quantitative estimate of drug-likeness (QED) is 0.830. The highest BCUT2D eigenvalue weighted by Crippen LogP contribution is 2.29. The maximum atomic E-state index is 13.9. The molecule has 0 amide bonds. The Hall–Kier alpha value is -1.13. The molecule has 1 atom stereocenters. The van der Waals surface area contributed by atoms with Gasteiger partial charge in [-0.25, -0.2) is 4.39 Å². The third kappa shape index (κ3) is 3.41. The molecule has 4 heteroatoms. The van der Waals surface area contributed by atoms with Crippen molar-refractivity contribution >= 4 is 5.69 Å². The molecule has 17 heavy (non-hydrogen) atoms. The molecule has 0 fully saturated rings. The van der Waals surface area contributed by atoms with Gasteiger partial charge in [-0.2, -0.15) is 0 Å². The SMILES string of the molecule is CCN(CCOC)c1c(F)cccc1[C@@H](C)O.